The minimum absolute atomic E-state index is 0.245. The van der Waals surface area contributed by atoms with Gasteiger partial charge >= 0.3 is 6.02 Å². The van der Waals surface area contributed by atoms with Crippen LogP contribution in [0.5, 0.6) is 0 Å². The minimum Gasteiger partial charge on any atom is -0.462 e. The van der Waals surface area contributed by atoms with E-state index in [0.29, 0.717) is 12.6 Å². The smallest absolute Gasteiger partial charge is 0.311 e. The molecular weight excluding hydrogens is 178 g/mol. The van der Waals surface area contributed by atoms with Crippen molar-refractivity contribution in [3.63, 3.8) is 0 Å². The Hall–Kier alpha value is -0.900. The quantitative estimate of drug-likeness (QED) is 0.496. The highest BCUT2D eigenvalue weighted by Crippen LogP contribution is 1.97. The molecule has 0 saturated heterocycles. The summed E-state index contributed by atoms with van der Waals surface area (Å²) in [5.41, 5.74) is 0. The minimum atomic E-state index is 0.245. The lowest BCUT2D eigenvalue weighted by atomic mass is 10.3. The van der Waals surface area contributed by atoms with Crippen molar-refractivity contribution in [2.24, 2.45) is 9.98 Å². The van der Waals surface area contributed by atoms with Gasteiger partial charge in [-0.1, -0.05) is 6.92 Å². The maximum atomic E-state index is 5.35. The lowest BCUT2D eigenvalue weighted by Crippen LogP contribution is -2.20. The molecule has 4 nitrogen and oxygen atoms in total. The van der Waals surface area contributed by atoms with Gasteiger partial charge in [-0.2, -0.15) is 0 Å². The van der Waals surface area contributed by atoms with Crippen molar-refractivity contribution in [2.75, 3.05) is 27.2 Å². The summed E-state index contributed by atoms with van der Waals surface area (Å²) in [6.45, 7) is 8.99. The summed E-state index contributed by atoms with van der Waals surface area (Å²) in [5, 5.41) is 0. The standard InChI is InChI=1S/C10H21N3O/c1-6-9(2)12-10(11-3)14-8-7-13(4)5/h9H,3,6-8H2,1-2,4-5H3. The van der Waals surface area contributed by atoms with Gasteiger partial charge in [0, 0.05) is 6.54 Å². The second-order valence-corrected chi connectivity index (χ2v) is 3.48. The second-order valence-electron chi connectivity index (χ2n) is 3.48. The molecule has 0 rings (SSSR count). The molecule has 0 aromatic rings. The molecule has 1 unspecified atom stereocenters. The first-order valence-electron chi connectivity index (χ1n) is 4.92. The zero-order valence-corrected chi connectivity index (χ0v) is 9.66. The van der Waals surface area contributed by atoms with Crippen LogP contribution < -0.4 is 0 Å². The van der Waals surface area contributed by atoms with E-state index in [-0.39, 0.29) is 6.04 Å². The van der Waals surface area contributed by atoms with Crippen LogP contribution in [0.3, 0.4) is 0 Å². The van der Waals surface area contributed by atoms with Crippen LogP contribution in [0.2, 0.25) is 0 Å². The highest BCUT2D eigenvalue weighted by Gasteiger charge is 2.00. The first kappa shape index (κ1) is 13.1. The van der Waals surface area contributed by atoms with Gasteiger partial charge in [0.2, 0.25) is 0 Å². The molecule has 0 aromatic heterocycles. The number of nitrogens with zero attached hydrogens (tertiary/aromatic N) is 3. The summed E-state index contributed by atoms with van der Waals surface area (Å²) in [6.07, 6.45) is 0.982. The fourth-order valence-electron chi connectivity index (χ4n) is 0.723. The van der Waals surface area contributed by atoms with Crippen LogP contribution in [0.15, 0.2) is 9.98 Å². The Labute approximate surface area is 86.7 Å². The van der Waals surface area contributed by atoms with Crippen LogP contribution in [0.1, 0.15) is 20.3 Å². The van der Waals surface area contributed by atoms with Crippen LogP contribution in [-0.4, -0.2) is 50.9 Å². The van der Waals surface area contributed by atoms with E-state index in [1.54, 1.807) is 0 Å². The molecule has 0 fully saturated rings. The Balaban J connectivity index is 3.90. The summed E-state index contributed by atoms with van der Waals surface area (Å²) < 4.78 is 5.35. The molecule has 14 heavy (non-hydrogen) atoms. The molecular formula is C10H21N3O. The van der Waals surface area contributed by atoms with Crippen molar-refractivity contribution < 1.29 is 4.74 Å². The van der Waals surface area contributed by atoms with Crippen LogP contribution in [-0.2, 0) is 4.74 Å². The van der Waals surface area contributed by atoms with Crippen molar-refractivity contribution in [1.29, 1.82) is 0 Å². The Morgan fingerprint density at radius 2 is 2.14 bits per heavy atom. The van der Waals surface area contributed by atoms with Gasteiger partial charge in [-0.15, -0.1) is 0 Å². The van der Waals surface area contributed by atoms with Crippen molar-refractivity contribution in [1.82, 2.24) is 4.90 Å². The Bertz CT molecular complexity index is 190. The number of hydrogen-bond acceptors (Lipinski definition) is 3. The molecule has 0 aromatic carbocycles. The summed E-state index contributed by atoms with van der Waals surface area (Å²) in [6, 6.07) is 0.649. The van der Waals surface area contributed by atoms with E-state index in [1.807, 2.05) is 25.9 Å². The van der Waals surface area contributed by atoms with Crippen LogP contribution in [0.25, 0.3) is 0 Å². The average Bonchev–Trinajstić information content (AvgIpc) is 2.15. The zero-order valence-electron chi connectivity index (χ0n) is 9.66. The normalized spacial score (nSPS) is 14.2. The predicted molar refractivity (Wildman–Crippen MR) is 61.2 cm³/mol. The molecule has 0 aliphatic heterocycles. The molecule has 0 spiro atoms. The third-order valence-corrected chi connectivity index (χ3v) is 1.83. The van der Waals surface area contributed by atoms with Crippen molar-refractivity contribution in [3.8, 4) is 0 Å². The lowest BCUT2D eigenvalue weighted by Gasteiger charge is -2.11. The monoisotopic (exact) mass is 199 g/mol. The molecule has 0 heterocycles. The molecule has 0 saturated carbocycles. The highest BCUT2D eigenvalue weighted by atomic mass is 16.5. The molecule has 0 bridgehead atoms. The molecule has 0 N–H and O–H groups in total. The third kappa shape index (κ3) is 6.60. The first-order valence-corrected chi connectivity index (χ1v) is 4.92. The van der Waals surface area contributed by atoms with Gasteiger partial charge in [0.05, 0.1) is 6.04 Å². The van der Waals surface area contributed by atoms with Gasteiger partial charge in [0.25, 0.3) is 0 Å². The van der Waals surface area contributed by atoms with E-state index in [4.69, 9.17) is 4.74 Å². The van der Waals surface area contributed by atoms with Crippen LogP contribution in [0.4, 0.5) is 0 Å². The summed E-state index contributed by atoms with van der Waals surface area (Å²) in [5.74, 6) is 0. The molecule has 0 radical (unpaired) electrons. The highest BCUT2D eigenvalue weighted by molar-refractivity contribution is 5.78. The molecule has 82 valence electrons. The Morgan fingerprint density at radius 3 is 2.57 bits per heavy atom. The lowest BCUT2D eigenvalue weighted by molar-refractivity contribution is 0.247. The number of likely N-dealkylation sites (N-methyl/N-ethyl adjacent to an activating group) is 1. The maximum Gasteiger partial charge on any atom is 0.311 e. The first-order chi connectivity index (χ1) is 6.60. The topological polar surface area (TPSA) is 37.2 Å². The Morgan fingerprint density at radius 1 is 1.50 bits per heavy atom. The van der Waals surface area contributed by atoms with Crippen molar-refractivity contribution >= 4 is 12.7 Å². The number of aliphatic imine (C=N–C) groups is 2. The molecule has 0 amide bonds. The van der Waals surface area contributed by atoms with E-state index in [9.17, 15) is 0 Å². The maximum absolute atomic E-state index is 5.35. The second kappa shape index (κ2) is 7.50. The van der Waals surface area contributed by atoms with Crippen LogP contribution in [0, 0.1) is 0 Å². The molecule has 0 aliphatic rings. The van der Waals surface area contributed by atoms with Crippen LogP contribution >= 0.6 is 0 Å². The average molecular weight is 199 g/mol. The van der Waals surface area contributed by atoms with Gasteiger partial charge in [-0.05, 0) is 34.2 Å². The Kier molecular flexibility index (Phi) is 7.02. The fraction of sp³-hybridized carbons (Fsp3) is 0.800. The molecule has 0 aliphatic carbocycles. The van der Waals surface area contributed by atoms with E-state index in [2.05, 4.69) is 23.6 Å². The third-order valence-electron chi connectivity index (χ3n) is 1.83. The van der Waals surface area contributed by atoms with E-state index >= 15 is 0 Å². The number of rotatable bonds is 5. The van der Waals surface area contributed by atoms with E-state index in [0.717, 1.165) is 13.0 Å². The largest absolute Gasteiger partial charge is 0.462 e. The molecule has 4 heteroatoms. The van der Waals surface area contributed by atoms with Gasteiger partial charge in [0.1, 0.15) is 6.61 Å². The predicted octanol–water partition coefficient (Wildman–Crippen LogP) is 1.42. The fourth-order valence-corrected chi connectivity index (χ4v) is 0.723. The van der Waals surface area contributed by atoms with Gasteiger partial charge < -0.3 is 9.64 Å². The van der Waals surface area contributed by atoms with Gasteiger partial charge in [-0.25, -0.2) is 9.98 Å². The number of hydrogen-bond donors (Lipinski definition) is 0. The van der Waals surface area contributed by atoms with E-state index < -0.39 is 0 Å². The van der Waals surface area contributed by atoms with E-state index in [1.165, 1.54) is 0 Å². The van der Waals surface area contributed by atoms with Gasteiger partial charge in [-0.3, -0.25) is 0 Å². The zero-order chi connectivity index (χ0) is 11.0. The summed E-state index contributed by atoms with van der Waals surface area (Å²) >= 11 is 0. The van der Waals surface area contributed by atoms with Crippen molar-refractivity contribution in [3.05, 3.63) is 0 Å². The number of amidine groups is 1. The SMILES string of the molecule is C=NC(=NC(C)CC)OCCN(C)C. The molecule has 1 atom stereocenters. The summed E-state index contributed by atoms with van der Waals surface area (Å²) in [4.78, 5) is 10.0. The van der Waals surface area contributed by atoms with Crippen molar-refractivity contribution in [2.45, 2.75) is 26.3 Å². The van der Waals surface area contributed by atoms with Gasteiger partial charge in [0.15, 0.2) is 0 Å². The summed E-state index contributed by atoms with van der Waals surface area (Å²) in [7, 11) is 3.99. The number of ether oxygens (including phenoxy) is 1.